The van der Waals surface area contributed by atoms with Gasteiger partial charge in [-0.2, -0.15) is 13.2 Å². The van der Waals surface area contributed by atoms with Crippen molar-refractivity contribution in [2.75, 3.05) is 11.4 Å². The van der Waals surface area contributed by atoms with E-state index in [0.717, 1.165) is 0 Å². The molecule has 0 heterocycles. The number of hydrogen-bond donors (Lipinski definition) is 1. The molecule has 0 saturated carbocycles. The van der Waals surface area contributed by atoms with E-state index >= 15 is 0 Å². The standard InChI is InChI=1S/C14H16F3NO2/c1-4-7-18(9(2)3)12-6-5-10(13(19)20)8-11(12)14(15,16)17/h4-6,8-9H,1,7H2,2-3H3,(H,19,20). The molecule has 0 radical (unpaired) electrons. The van der Waals surface area contributed by atoms with Crippen molar-refractivity contribution in [2.24, 2.45) is 0 Å². The van der Waals surface area contributed by atoms with Crippen molar-refractivity contribution >= 4 is 11.7 Å². The Labute approximate surface area is 115 Å². The van der Waals surface area contributed by atoms with Crippen LogP contribution in [-0.2, 0) is 6.18 Å². The lowest BCUT2D eigenvalue weighted by Gasteiger charge is -2.30. The van der Waals surface area contributed by atoms with Gasteiger partial charge in [0.25, 0.3) is 0 Å². The maximum atomic E-state index is 13.1. The molecular weight excluding hydrogens is 271 g/mol. The SMILES string of the molecule is C=CCN(c1ccc(C(=O)O)cc1C(F)(F)F)C(C)C. The first-order chi connectivity index (χ1) is 9.18. The predicted octanol–water partition coefficient (Wildman–Crippen LogP) is 3.80. The lowest BCUT2D eigenvalue weighted by molar-refractivity contribution is -0.137. The minimum atomic E-state index is -4.62. The molecule has 0 bridgehead atoms. The first-order valence-electron chi connectivity index (χ1n) is 6.00. The number of carboxylic acid groups (broad SMARTS) is 1. The molecule has 0 aliphatic heterocycles. The lowest BCUT2D eigenvalue weighted by atomic mass is 10.1. The average Bonchev–Trinajstić information content (AvgIpc) is 2.33. The molecule has 0 saturated heterocycles. The van der Waals surface area contributed by atoms with Gasteiger partial charge in [0.2, 0.25) is 0 Å². The zero-order chi connectivity index (χ0) is 15.5. The molecule has 110 valence electrons. The first-order valence-corrected chi connectivity index (χ1v) is 6.00. The Bertz CT molecular complexity index is 510. The van der Waals surface area contributed by atoms with Gasteiger partial charge in [-0.25, -0.2) is 4.79 Å². The van der Waals surface area contributed by atoms with Crippen molar-refractivity contribution in [3.63, 3.8) is 0 Å². The van der Waals surface area contributed by atoms with Crippen LogP contribution in [-0.4, -0.2) is 23.7 Å². The highest BCUT2D eigenvalue weighted by Crippen LogP contribution is 2.38. The van der Waals surface area contributed by atoms with Crippen molar-refractivity contribution in [3.8, 4) is 0 Å². The maximum absolute atomic E-state index is 13.1. The van der Waals surface area contributed by atoms with Crippen LogP contribution in [0.2, 0.25) is 0 Å². The van der Waals surface area contributed by atoms with E-state index in [2.05, 4.69) is 6.58 Å². The summed E-state index contributed by atoms with van der Waals surface area (Å²) in [6.07, 6.45) is -3.11. The fraction of sp³-hybridized carbons (Fsp3) is 0.357. The number of benzene rings is 1. The molecule has 1 aromatic rings. The first kappa shape index (κ1) is 16.1. The molecule has 20 heavy (non-hydrogen) atoms. The van der Waals surface area contributed by atoms with Crippen molar-refractivity contribution in [1.29, 1.82) is 0 Å². The second-order valence-electron chi connectivity index (χ2n) is 4.57. The van der Waals surface area contributed by atoms with Crippen LogP contribution in [0.5, 0.6) is 0 Å². The van der Waals surface area contributed by atoms with Gasteiger partial charge in [0, 0.05) is 18.3 Å². The van der Waals surface area contributed by atoms with Gasteiger partial charge in [0.15, 0.2) is 0 Å². The van der Waals surface area contributed by atoms with E-state index in [1.165, 1.54) is 23.1 Å². The fourth-order valence-corrected chi connectivity index (χ4v) is 1.87. The van der Waals surface area contributed by atoms with E-state index in [4.69, 9.17) is 5.11 Å². The number of halogens is 3. The molecule has 6 heteroatoms. The van der Waals surface area contributed by atoms with Gasteiger partial charge >= 0.3 is 12.1 Å². The Balaban J connectivity index is 3.44. The highest BCUT2D eigenvalue weighted by Gasteiger charge is 2.36. The number of nitrogens with zero attached hydrogens (tertiary/aromatic N) is 1. The van der Waals surface area contributed by atoms with Gasteiger partial charge in [-0.1, -0.05) is 6.08 Å². The van der Waals surface area contributed by atoms with Gasteiger partial charge in [-0.15, -0.1) is 6.58 Å². The van der Waals surface area contributed by atoms with E-state index in [0.29, 0.717) is 6.07 Å². The molecule has 0 spiro atoms. The van der Waals surface area contributed by atoms with Gasteiger partial charge in [0.1, 0.15) is 0 Å². The molecule has 1 rings (SSSR count). The van der Waals surface area contributed by atoms with Crippen LogP contribution in [0.4, 0.5) is 18.9 Å². The molecule has 1 N–H and O–H groups in total. The summed E-state index contributed by atoms with van der Waals surface area (Å²) in [6.45, 7) is 7.29. The third-order valence-corrected chi connectivity index (χ3v) is 2.81. The van der Waals surface area contributed by atoms with E-state index in [1.807, 2.05) is 0 Å². The van der Waals surface area contributed by atoms with Crippen LogP contribution < -0.4 is 4.90 Å². The minimum absolute atomic E-state index is 0.0441. The Morgan fingerprint density at radius 3 is 2.45 bits per heavy atom. The summed E-state index contributed by atoms with van der Waals surface area (Å²) in [6, 6.07) is 2.85. The summed E-state index contributed by atoms with van der Waals surface area (Å²) in [5.41, 5.74) is -1.38. The van der Waals surface area contributed by atoms with E-state index in [9.17, 15) is 18.0 Å². The molecule has 3 nitrogen and oxygen atoms in total. The Hall–Kier alpha value is -1.98. The number of anilines is 1. The lowest BCUT2D eigenvalue weighted by Crippen LogP contribution is -2.32. The Kier molecular flexibility index (Phi) is 4.81. The number of rotatable bonds is 5. The largest absolute Gasteiger partial charge is 0.478 e. The average molecular weight is 287 g/mol. The third kappa shape index (κ3) is 3.53. The van der Waals surface area contributed by atoms with E-state index in [-0.39, 0.29) is 23.8 Å². The summed E-state index contributed by atoms with van der Waals surface area (Å²) in [5, 5.41) is 8.82. The van der Waals surface area contributed by atoms with Gasteiger partial charge in [-0.05, 0) is 32.0 Å². The number of alkyl halides is 3. The maximum Gasteiger partial charge on any atom is 0.418 e. The topological polar surface area (TPSA) is 40.5 Å². The fourth-order valence-electron chi connectivity index (χ4n) is 1.87. The summed E-state index contributed by atoms with van der Waals surface area (Å²) < 4.78 is 39.3. The monoisotopic (exact) mass is 287 g/mol. The second-order valence-corrected chi connectivity index (χ2v) is 4.57. The van der Waals surface area contributed by atoms with Crippen LogP contribution in [0, 0.1) is 0 Å². The normalized spacial score (nSPS) is 11.5. The van der Waals surface area contributed by atoms with Crippen LogP contribution in [0.15, 0.2) is 30.9 Å². The van der Waals surface area contributed by atoms with E-state index in [1.54, 1.807) is 13.8 Å². The quantitative estimate of drug-likeness (QED) is 0.837. The molecule has 0 atom stereocenters. The number of carbonyl (C=O) groups is 1. The number of hydrogen-bond acceptors (Lipinski definition) is 2. The highest BCUT2D eigenvalue weighted by molar-refractivity contribution is 5.88. The van der Waals surface area contributed by atoms with Gasteiger partial charge in [-0.3, -0.25) is 0 Å². The number of carboxylic acids is 1. The molecular formula is C14H16F3NO2. The molecule has 0 fully saturated rings. The summed E-state index contributed by atoms with van der Waals surface area (Å²) in [4.78, 5) is 12.3. The van der Waals surface area contributed by atoms with Crippen LogP contribution >= 0.6 is 0 Å². The van der Waals surface area contributed by atoms with Crippen molar-refractivity contribution in [2.45, 2.75) is 26.1 Å². The van der Waals surface area contributed by atoms with Crippen molar-refractivity contribution in [3.05, 3.63) is 42.0 Å². The predicted molar refractivity (Wildman–Crippen MR) is 71.1 cm³/mol. The van der Waals surface area contributed by atoms with Crippen LogP contribution in [0.1, 0.15) is 29.8 Å². The van der Waals surface area contributed by atoms with Crippen molar-refractivity contribution in [1.82, 2.24) is 0 Å². The highest BCUT2D eigenvalue weighted by atomic mass is 19.4. The molecule has 0 unspecified atom stereocenters. The molecule has 0 aliphatic carbocycles. The minimum Gasteiger partial charge on any atom is -0.478 e. The molecule has 0 aromatic heterocycles. The number of aromatic carboxylic acids is 1. The molecule has 0 aliphatic rings. The Morgan fingerprint density at radius 1 is 1.45 bits per heavy atom. The zero-order valence-corrected chi connectivity index (χ0v) is 11.2. The van der Waals surface area contributed by atoms with Gasteiger partial charge < -0.3 is 10.0 Å². The van der Waals surface area contributed by atoms with Crippen LogP contribution in [0.25, 0.3) is 0 Å². The van der Waals surface area contributed by atoms with Crippen LogP contribution in [0.3, 0.4) is 0 Å². The summed E-state index contributed by atoms with van der Waals surface area (Å²) >= 11 is 0. The Morgan fingerprint density at radius 2 is 2.05 bits per heavy atom. The second kappa shape index (κ2) is 5.98. The third-order valence-electron chi connectivity index (χ3n) is 2.81. The smallest absolute Gasteiger partial charge is 0.418 e. The zero-order valence-electron chi connectivity index (χ0n) is 11.2. The van der Waals surface area contributed by atoms with E-state index < -0.39 is 17.7 Å². The summed E-state index contributed by atoms with van der Waals surface area (Å²) in [5.74, 6) is -1.39. The summed E-state index contributed by atoms with van der Waals surface area (Å²) in [7, 11) is 0. The molecule has 0 amide bonds. The molecule has 1 aromatic carbocycles. The van der Waals surface area contributed by atoms with Gasteiger partial charge in [0.05, 0.1) is 11.1 Å². The van der Waals surface area contributed by atoms with Crippen molar-refractivity contribution < 1.29 is 23.1 Å².